The summed E-state index contributed by atoms with van der Waals surface area (Å²) in [4.78, 5) is 0. The van der Waals surface area contributed by atoms with E-state index in [1.165, 1.54) is 0 Å². The standard InChI is InChI=1S/C14H17NO3/c16-13-2-1-3-14(13)18-10-5-6-11-9(8-10)4-7-12(11)15-17/h5-6,8,13-14,16-17H,1-4,7H2/b15-12-. The number of nitrogens with zero attached hydrogens (tertiary/aromatic N) is 1. The van der Waals surface area contributed by atoms with Crippen molar-refractivity contribution in [3.8, 4) is 5.75 Å². The topological polar surface area (TPSA) is 62.1 Å². The Bertz CT molecular complexity index is 484. The minimum Gasteiger partial charge on any atom is -0.488 e. The molecule has 0 aromatic heterocycles. The summed E-state index contributed by atoms with van der Waals surface area (Å²) in [5.41, 5.74) is 2.92. The highest BCUT2D eigenvalue weighted by Gasteiger charge is 2.27. The quantitative estimate of drug-likeness (QED) is 0.621. The van der Waals surface area contributed by atoms with Gasteiger partial charge in [0, 0.05) is 5.56 Å². The third-order valence-electron chi connectivity index (χ3n) is 3.84. The maximum Gasteiger partial charge on any atom is 0.124 e. The van der Waals surface area contributed by atoms with E-state index in [1.54, 1.807) is 0 Å². The van der Waals surface area contributed by atoms with Gasteiger partial charge in [-0.25, -0.2) is 0 Å². The van der Waals surface area contributed by atoms with Gasteiger partial charge in [-0.1, -0.05) is 5.16 Å². The molecule has 2 unspecified atom stereocenters. The van der Waals surface area contributed by atoms with Gasteiger partial charge in [-0.05, 0) is 55.9 Å². The van der Waals surface area contributed by atoms with Gasteiger partial charge in [-0.2, -0.15) is 0 Å². The van der Waals surface area contributed by atoms with Crippen LogP contribution in [0.15, 0.2) is 23.4 Å². The number of hydrogen-bond acceptors (Lipinski definition) is 4. The van der Waals surface area contributed by atoms with E-state index < -0.39 is 0 Å². The second-order valence-electron chi connectivity index (χ2n) is 5.02. The van der Waals surface area contributed by atoms with Crippen molar-refractivity contribution in [3.05, 3.63) is 29.3 Å². The number of hydrogen-bond donors (Lipinski definition) is 2. The fraction of sp³-hybridized carbons (Fsp3) is 0.500. The van der Waals surface area contributed by atoms with E-state index in [-0.39, 0.29) is 12.2 Å². The molecule has 1 aromatic carbocycles. The molecule has 1 fully saturated rings. The van der Waals surface area contributed by atoms with E-state index in [0.29, 0.717) is 0 Å². The third kappa shape index (κ3) is 1.97. The van der Waals surface area contributed by atoms with Crippen molar-refractivity contribution in [1.29, 1.82) is 0 Å². The first-order chi connectivity index (χ1) is 8.78. The SMILES string of the molecule is O/N=C1/CCc2cc(OC3CCCC3O)ccc21. The first-order valence-corrected chi connectivity index (χ1v) is 6.47. The molecule has 0 spiro atoms. The summed E-state index contributed by atoms with van der Waals surface area (Å²) in [7, 11) is 0. The van der Waals surface area contributed by atoms with E-state index in [4.69, 9.17) is 9.94 Å². The fourth-order valence-electron chi connectivity index (χ4n) is 2.84. The summed E-state index contributed by atoms with van der Waals surface area (Å²) in [5, 5.41) is 21.9. The van der Waals surface area contributed by atoms with Crippen molar-refractivity contribution >= 4 is 5.71 Å². The van der Waals surface area contributed by atoms with Crippen molar-refractivity contribution in [2.24, 2.45) is 5.16 Å². The zero-order valence-corrected chi connectivity index (χ0v) is 10.2. The Hall–Kier alpha value is -1.55. The molecule has 0 bridgehead atoms. The molecule has 2 aliphatic carbocycles. The molecule has 0 amide bonds. The molecule has 1 aromatic rings. The maximum atomic E-state index is 9.75. The second kappa shape index (κ2) is 4.61. The predicted octanol–water partition coefficient (Wildman–Crippen LogP) is 2.10. The lowest BCUT2D eigenvalue weighted by Gasteiger charge is -2.17. The molecular weight excluding hydrogens is 230 g/mol. The average Bonchev–Trinajstić information content (AvgIpc) is 2.96. The van der Waals surface area contributed by atoms with Gasteiger partial charge < -0.3 is 15.1 Å². The summed E-state index contributed by atoms with van der Waals surface area (Å²) in [6.07, 6.45) is 4.03. The number of aliphatic hydroxyl groups excluding tert-OH is 1. The second-order valence-corrected chi connectivity index (χ2v) is 5.02. The first-order valence-electron chi connectivity index (χ1n) is 6.47. The minimum absolute atomic E-state index is 0.0737. The highest BCUT2D eigenvalue weighted by Crippen LogP contribution is 2.29. The Labute approximate surface area is 106 Å². The summed E-state index contributed by atoms with van der Waals surface area (Å²) >= 11 is 0. The minimum atomic E-state index is -0.340. The van der Waals surface area contributed by atoms with Crippen molar-refractivity contribution in [3.63, 3.8) is 0 Å². The van der Waals surface area contributed by atoms with E-state index in [1.807, 2.05) is 18.2 Å². The van der Waals surface area contributed by atoms with Crippen LogP contribution in [0.2, 0.25) is 0 Å². The van der Waals surface area contributed by atoms with E-state index in [9.17, 15) is 5.11 Å². The zero-order chi connectivity index (χ0) is 12.5. The van der Waals surface area contributed by atoms with E-state index in [0.717, 1.165) is 54.7 Å². The van der Waals surface area contributed by atoms with Crippen LogP contribution < -0.4 is 4.74 Å². The number of oxime groups is 1. The number of aliphatic hydroxyl groups is 1. The van der Waals surface area contributed by atoms with Crippen molar-refractivity contribution in [2.45, 2.75) is 44.3 Å². The molecule has 3 rings (SSSR count). The van der Waals surface area contributed by atoms with Crippen LogP contribution in [0.25, 0.3) is 0 Å². The summed E-state index contributed by atoms with van der Waals surface area (Å²) in [6.45, 7) is 0. The van der Waals surface area contributed by atoms with Crippen LogP contribution in [-0.4, -0.2) is 28.2 Å². The highest BCUT2D eigenvalue weighted by atomic mass is 16.5. The fourth-order valence-corrected chi connectivity index (χ4v) is 2.84. The van der Waals surface area contributed by atoms with Crippen LogP contribution >= 0.6 is 0 Å². The zero-order valence-electron chi connectivity index (χ0n) is 10.2. The molecule has 0 heterocycles. The van der Waals surface area contributed by atoms with Crippen LogP contribution in [0, 0.1) is 0 Å². The van der Waals surface area contributed by atoms with Crippen molar-refractivity contribution in [2.75, 3.05) is 0 Å². The number of fused-ring (bicyclic) bond motifs is 1. The Kier molecular flexibility index (Phi) is 2.96. The lowest BCUT2D eigenvalue weighted by atomic mass is 10.1. The number of aryl methyl sites for hydroxylation is 1. The van der Waals surface area contributed by atoms with Gasteiger partial charge in [0.15, 0.2) is 0 Å². The van der Waals surface area contributed by atoms with Gasteiger partial charge in [0.25, 0.3) is 0 Å². The van der Waals surface area contributed by atoms with Crippen LogP contribution in [-0.2, 0) is 6.42 Å². The summed E-state index contributed by atoms with van der Waals surface area (Å²) < 4.78 is 5.83. The predicted molar refractivity (Wildman–Crippen MR) is 67.4 cm³/mol. The molecule has 0 radical (unpaired) electrons. The molecule has 2 aliphatic rings. The number of ether oxygens (including phenoxy) is 1. The van der Waals surface area contributed by atoms with Crippen molar-refractivity contribution in [1.82, 2.24) is 0 Å². The van der Waals surface area contributed by atoms with Gasteiger partial charge in [0.2, 0.25) is 0 Å². The highest BCUT2D eigenvalue weighted by molar-refractivity contribution is 6.04. The van der Waals surface area contributed by atoms with E-state index in [2.05, 4.69) is 5.16 Å². The Morgan fingerprint density at radius 3 is 2.83 bits per heavy atom. The van der Waals surface area contributed by atoms with Gasteiger partial charge in [0.1, 0.15) is 11.9 Å². The monoisotopic (exact) mass is 247 g/mol. The first kappa shape index (κ1) is 11.5. The van der Waals surface area contributed by atoms with Crippen LogP contribution in [0.4, 0.5) is 0 Å². The molecule has 18 heavy (non-hydrogen) atoms. The third-order valence-corrected chi connectivity index (χ3v) is 3.84. The maximum absolute atomic E-state index is 9.75. The molecule has 1 saturated carbocycles. The van der Waals surface area contributed by atoms with Crippen LogP contribution in [0.5, 0.6) is 5.75 Å². The van der Waals surface area contributed by atoms with Crippen LogP contribution in [0.3, 0.4) is 0 Å². The Morgan fingerprint density at radius 1 is 1.22 bits per heavy atom. The molecule has 0 aliphatic heterocycles. The van der Waals surface area contributed by atoms with Crippen LogP contribution in [0.1, 0.15) is 36.8 Å². The van der Waals surface area contributed by atoms with E-state index >= 15 is 0 Å². The molecule has 2 atom stereocenters. The lowest BCUT2D eigenvalue weighted by Crippen LogP contribution is -2.25. The molecule has 2 N–H and O–H groups in total. The Balaban J connectivity index is 1.79. The Morgan fingerprint density at radius 2 is 2.11 bits per heavy atom. The molecular formula is C14H17NO3. The van der Waals surface area contributed by atoms with Gasteiger partial charge in [-0.3, -0.25) is 0 Å². The summed E-state index contributed by atoms with van der Waals surface area (Å²) in [6, 6.07) is 5.83. The molecule has 96 valence electrons. The smallest absolute Gasteiger partial charge is 0.124 e. The summed E-state index contributed by atoms with van der Waals surface area (Å²) in [5.74, 6) is 0.805. The van der Waals surface area contributed by atoms with Gasteiger partial charge >= 0.3 is 0 Å². The lowest BCUT2D eigenvalue weighted by molar-refractivity contribution is 0.0603. The molecule has 0 saturated heterocycles. The van der Waals surface area contributed by atoms with Gasteiger partial charge in [0.05, 0.1) is 11.8 Å². The van der Waals surface area contributed by atoms with Gasteiger partial charge in [-0.15, -0.1) is 0 Å². The molecule has 4 heteroatoms. The van der Waals surface area contributed by atoms with Crippen molar-refractivity contribution < 1.29 is 15.1 Å². The number of rotatable bonds is 2. The largest absolute Gasteiger partial charge is 0.488 e. The normalized spacial score (nSPS) is 28.6. The molecule has 4 nitrogen and oxygen atoms in total. The average molecular weight is 247 g/mol. The number of benzene rings is 1.